The van der Waals surface area contributed by atoms with Crippen molar-refractivity contribution in [1.82, 2.24) is 15.2 Å². The topological polar surface area (TPSA) is 55.9 Å². The van der Waals surface area contributed by atoms with Crippen molar-refractivity contribution in [3.8, 4) is 0 Å². The lowest BCUT2D eigenvalue weighted by Crippen LogP contribution is -2.37. The van der Waals surface area contributed by atoms with E-state index in [1.54, 1.807) is 0 Å². The van der Waals surface area contributed by atoms with E-state index in [1.807, 2.05) is 11.7 Å². The van der Waals surface area contributed by atoms with Gasteiger partial charge in [-0.15, -0.1) is 0 Å². The normalized spacial score (nSPS) is 29.4. The molecule has 1 fully saturated rings. The lowest BCUT2D eigenvalue weighted by atomic mass is 9.72. The first-order chi connectivity index (χ1) is 9.05. The van der Waals surface area contributed by atoms with E-state index in [1.165, 1.54) is 30.5 Å². The first-order valence-corrected chi connectivity index (χ1v) is 7.53. The lowest BCUT2D eigenvalue weighted by molar-refractivity contribution is 0.176. The summed E-state index contributed by atoms with van der Waals surface area (Å²) in [7, 11) is 1.99. The van der Waals surface area contributed by atoms with E-state index in [9.17, 15) is 0 Å². The fourth-order valence-corrected chi connectivity index (χ4v) is 3.85. The van der Waals surface area contributed by atoms with Gasteiger partial charge in [0.25, 0.3) is 0 Å². The summed E-state index contributed by atoms with van der Waals surface area (Å²) in [5, 5.41) is 4.55. The van der Waals surface area contributed by atoms with Crippen molar-refractivity contribution < 1.29 is 0 Å². The Hall–Kier alpha value is -0.870. The summed E-state index contributed by atoms with van der Waals surface area (Å²) in [5.74, 6) is 8.09. The summed E-state index contributed by atoms with van der Waals surface area (Å²) >= 11 is 0. The molecular weight excluding hydrogens is 236 g/mol. The first kappa shape index (κ1) is 14.5. The minimum Gasteiger partial charge on any atom is -0.275 e. The molecular formula is C15H28N4. The van der Waals surface area contributed by atoms with Crippen molar-refractivity contribution in [2.45, 2.75) is 52.5 Å². The van der Waals surface area contributed by atoms with Crippen LogP contribution in [0.3, 0.4) is 0 Å². The molecule has 0 radical (unpaired) electrons. The average Bonchev–Trinajstić information content (AvgIpc) is 2.70. The highest BCUT2D eigenvalue weighted by Crippen LogP contribution is 2.40. The molecule has 3 unspecified atom stereocenters. The van der Waals surface area contributed by atoms with Crippen molar-refractivity contribution in [1.29, 1.82) is 0 Å². The minimum absolute atomic E-state index is 0.244. The second-order valence-electron chi connectivity index (χ2n) is 6.38. The molecule has 4 nitrogen and oxygen atoms in total. The Morgan fingerprint density at radius 2 is 2.00 bits per heavy atom. The van der Waals surface area contributed by atoms with Gasteiger partial charge in [0.05, 0.1) is 11.7 Å². The fraction of sp³-hybridized carbons (Fsp3) is 0.800. The molecule has 1 aliphatic carbocycles. The number of aryl methyl sites for hydroxylation is 2. The molecule has 1 aliphatic rings. The molecule has 3 N–H and O–H groups in total. The number of hydrogen-bond donors (Lipinski definition) is 2. The number of nitrogens with zero attached hydrogens (tertiary/aromatic N) is 2. The molecule has 1 aromatic rings. The average molecular weight is 264 g/mol. The van der Waals surface area contributed by atoms with Crippen LogP contribution in [-0.2, 0) is 13.5 Å². The van der Waals surface area contributed by atoms with Crippen molar-refractivity contribution in [2.75, 3.05) is 0 Å². The van der Waals surface area contributed by atoms with Gasteiger partial charge in [0.2, 0.25) is 0 Å². The second kappa shape index (κ2) is 6.06. The molecule has 2 rings (SSSR count). The van der Waals surface area contributed by atoms with Gasteiger partial charge in [0.1, 0.15) is 0 Å². The molecule has 0 saturated heterocycles. The lowest BCUT2D eigenvalue weighted by Gasteiger charge is -2.36. The van der Waals surface area contributed by atoms with Crippen LogP contribution in [0, 0.1) is 17.8 Å². The molecule has 0 spiro atoms. The number of hydrazine groups is 1. The Morgan fingerprint density at radius 3 is 2.53 bits per heavy atom. The highest BCUT2D eigenvalue weighted by molar-refractivity contribution is 5.22. The van der Waals surface area contributed by atoms with Crippen molar-refractivity contribution in [3.63, 3.8) is 0 Å². The fourth-order valence-electron chi connectivity index (χ4n) is 3.85. The van der Waals surface area contributed by atoms with Gasteiger partial charge in [-0.05, 0) is 43.4 Å². The summed E-state index contributed by atoms with van der Waals surface area (Å²) in [5.41, 5.74) is 5.53. The maximum Gasteiger partial charge on any atom is 0.0670 e. The molecule has 108 valence electrons. The van der Waals surface area contributed by atoms with Crippen LogP contribution < -0.4 is 11.3 Å². The highest BCUT2D eigenvalue weighted by Gasteiger charge is 2.32. The van der Waals surface area contributed by atoms with E-state index < -0.39 is 0 Å². The Morgan fingerprint density at radius 1 is 1.37 bits per heavy atom. The van der Waals surface area contributed by atoms with Gasteiger partial charge in [0, 0.05) is 18.8 Å². The van der Waals surface area contributed by atoms with Gasteiger partial charge in [-0.3, -0.25) is 16.0 Å². The molecule has 1 aromatic heterocycles. The molecule has 0 aromatic carbocycles. The van der Waals surface area contributed by atoms with Crippen molar-refractivity contribution in [3.05, 3.63) is 17.5 Å². The molecule has 0 bridgehead atoms. The standard InChI is InChI=1S/C15H28N4/c1-5-14-13(9-19(4)18-14)15(17-16)12-7-10(2)6-11(3)8-12/h9-12,15,17H,5-8,16H2,1-4H3. The third-order valence-electron chi connectivity index (χ3n) is 4.47. The number of rotatable bonds is 4. The van der Waals surface area contributed by atoms with Crippen molar-refractivity contribution in [2.24, 2.45) is 30.6 Å². The van der Waals surface area contributed by atoms with Crippen LogP contribution in [0.5, 0.6) is 0 Å². The molecule has 0 amide bonds. The molecule has 0 aliphatic heterocycles. The van der Waals surface area contributed by atoms with Gasteiger partial charge in [-0.25, -0.2) is 0 Å². The van der Waals surface area contributed by atoms with E-state index in [2.05, 4.69) is 37.5 Å². The van der Waals surface area contributed by atoms with Crippen LogP contribution >= 0.6 is 0 Å². The van der Waals surface area contributed by atoms with Gasteiger partial charge in [0.15, 0.2) is 0 Å². The largest absolute Gasteiger partial charge is 0.275 e. The highest BCUT2D eigenvalue weighted by atomic mass is 15.3. The second-order valence-corrected chi connectivity index (χ2v) is 6.38. The third kappa shape index (κ3) is 3.18. The third-order valence-corrected chi connectivity index (χ3v) is 4.47. The zero-order chi connectivity index (χ0) is 14.0. The molecule has 1 saturated carbocycles. The van der Waals surface area contributed by atoms with Crippen LogP contribution in [0.2, 0.25) is 0 Å². The van der Waals surface area contributed by atoms with Crippen molar-refractivity contribution >= 4 is 0 Å². The Kier molecular flexibility index (Phi) is 4.63. The zero-order valence-electron chi connectivity index (χ0n) is 12.7. The molecule has 1 heterocycles. The molecule has 3 atom stereocenters. The molecule has 19 heavy (non-hydrogen) atoms. The van der Waals surface area contributed by atoms with Crippen LogP contribution in [0.25, 0.3) is 0 Å². The number of nitrogens with one attached hydrogen (secondary N) is 1. The van der Waals surface area contributed by atoms with E-state index >= 15 is 0 Å². The van der Waals surface area contributed by atoms with E-state index in [0.717, 1.165) is 18.3 Å². The predicted molar refractivity (Wildman–Crippen MR) is 78.3 cm³/mol. The van der Waals surface area contributed by atoms with Gasteiger partial charge in [-0.2, -0.15) is 5.10 Å². The number of hydrogen-bond acceptors (Lipinski definition) is 3. The smallest absolute Gasteiger partial charge is 0.0670 e. The van der Waals surface area contributed by atoms with Crippen LogP contribution in [0.1, 0.15) is 57.3 Å². The Balaban J connectivity index is 2.23. The summed E-state index contributed by atoms with van der Waals surface area (Å²) in [6.45, 7) is 6.88. The number of nitrogens with two attached hydrogens (primary N) is 1. The predicted octanol–water partition coefficient (Wildman–Crippen LogP) is 2.56. The monoisotopic (exact) mass is 264 g/mol. The number of aromatic nitrogens is 2. The van der Waals surface area contributed by atoms with Gasteiger partial charge < -0.3 is 0 Å². The minimum atomic E-state index is 0.244. The van der Waals surface area contributed by atoms with Crippen LogP contribution in [0.4, 0.5) is 0 Å². The van der Waals surface area contributed by atoms with E-state index in [4.69, 9.17) is 5.84 Å². The van der Waals surface area contributed by atoms with Crippen LogP contribution in [0.15, 0.2) is 6.20 Å². The first-order valence-electron chi connectivity index (χ1n) is 7.53. The van der Waals surface area contributed by atoms with Gasteiger partial charge >= 0.3 is 0 Å². The molecule has 4 heteroatoms. The maximum absolute atomic E-state index is 5.87. The van der Waals surface area contributed by atoms with Gasteiger partial charge in [-0.1, -0.05) is 20.8 Å². The summed E-state index contributed by atoms with van der Waals surface area (Å²) < 4.78 is 1.91. The van der Waals surface area contributed by atoms with E-state index in [0.29, 0.717) is 5.92 Å². The quantitative estimate of drug-likeness (QED) is 0.649. The maximum atomic E-state index is 5.87. The Labute approximate surface area is 116 Å². The zero-order valence-corrected chi connectivity index (χ0v) is 12.7. The Bertz CT molecular complexity index is 402. The van der Waals surface area contributed by atoms with Crippen LogP contribution in [-0.4, -0.2) is 9.78 Å². The SMILES string of the molecule is CCc1nn(C)cc1C(NN)C1CC(C)CC(C)C1. The van der Waals surface area contributed by atoms with E-state index in [-0.39, 0.29) is 6.04 Å². The summed E-state index contributed by atoms with van der Waals surface area (Å²) in [6, 6.07) is 0.244. The summed E-state index contributed by atoms with van der Waals surface area (Å²) in [4.78, 5) is 0. The summed E-state index contributed by atoms with van der Waals surface area (Å²) in [6.07, 6.45) is 6.97.